The van der Waals surface area contributed by atoms with Gasteiger partial charge in [0.2, 0.25) is 5.91 Å². The third-order valence-corrected chi connectivity index (χ3v) is 3.62. The highest BCUT2D eigenvalue weighted by atomic mass is 16.2. The molecular weight excluding hydrogens is 190 g/mol. The minimum absolute atomic E-state index is 0.0457. The van der Waals surface area contributed by atoms with Crippen molar-refractivity contribution >= 4 is 5.91 Å². The fraction of sp³-hybridized carbons (Fsp3) is 0.909. The molecule has 0 aromatic rings. The third-order valence-electron chi connectivity index (χ3n) is 3.62. The van der Waals surface area contributed by atoms with Crippen LogP contribution in [0.4, 0.5) is 0 Å². The summed E-state index contributed by atoms with van der Waals surface area (Å²) in [5.41, 5.74) is 0. The SMILES string of the molecule is CNC(=O)C1CNCCN1CC1CCC1. The highest BCUT2D eigenvalue weighted by Crippen LogP contribution is 2.27. The van der Waals surface area contributed by atoms with Crippen molar-refractivity contribution in [3.63, 3.8) is 0 Å². The van der Waals surface area contributed by atoms with Gasteiger partial charge in [-0.3, -0.25) is 9.69 Å². The Hall–Kier alpha value is -0.610. The molecule has 4 nitrogen and oxygen atoms in total. The highest BCUT2D eigenvalue weighted by molar-refractivity contribution is 5.81. The molecular formula is C11H21N3O. The molecule has 1 saturated heterocycles. The fourth-order valence-electron chi connectivity index (χ4n) is 2.40. The normalized spacial score (nSPS) is 28.5. The van der Waals surface area contributed by atoms with Gasteiger partial charge in [0.25, 0.3) is 0 Å². The highest BCUT2D eigenvalue weighted by Gasteiger charge is 2.30. The van der Waals surface area contributed by atoms with Crippen molar-refractivity contribution in [3.8, 4) is 0 Å². The summed E-state index contributed by atoms with van der Waals surface area (Å²) < 4.78 is 0. The summed E-state index contributed by atoms with van der Waals surface area (Å²) in [6, 6.07) is 0.0457. The van der Waals surface area contributed by atoms with E-state index in [-0.39, 0.29) is 11.9 Å². The van der Waals surface area contributed by atoms with Crippen molar-refractivity contribution in [2.75, 3.05) is 33.2 Å². The maximum Gasteiger partial charge on any atom is 0.238 e. The van der Waals surface area contributed by atoms with E-state index in [1.54, 1.807) is 7.05 Å². The van der Waals surface area contributed by atoms with Crippen molar-refractivity contribution < 1.29 is 4.79 Å². The molecule has 1 saturated carbocycles. The largest absolute Gasteiger partial charge is 0.358 e. The zero-order chi connectivity index (χ0) is 10.7. The first kappa shape index (κ1) is 10.9. The number of amides is 1. The van der Waals surface area contributed by atoms with E-state index in [1.807, 2.05) is 0 Å². The number of carbonyl (C=O) groups excluding carboxylic acids is 1. The summed E-state index contributed by atoms with van der Waals surface area (Å²) in [5.74, 6) is 0.997. The van der Waals surface area contributed by atoms with Crippen LogP contribution in [0.2, 0.25) is 0 Å². The molecule has 1 aliphatic carbocycles. The third kappa shape index (κ3) is 2.49. The van der Waals surface area contributed by atoms with Crippen LogP contribution in [-0.4, -0.2) is 50.1 Å². The minimum Gasteiger partial charge on any atom is -0.358 e. The van der Waals surface area contributed by atoms with Crippen molar-refractivity contribution in [2.45, 2.75) is 25.3 Å². The van der Waals surface area contributed by atoms with Gasteiger partial charge in [-0.25, -0.2) is 0 Å². The van der Waals surface area contributed by atoms with Crippen molar-refractivity contribution in [2.24, 2.45) is 5.92 Å². The molecule has 0 aromatic heterocycles. The van der Waals surface area contributed by atoms with Gasteiger partial charge in [0.05, 0.1) is 0 Å². The van der Waals surface area contributed by atoms with Crippen LogP contribution in [0, 0.1) is 5.92 Å². The van der Waals surface area contributed by atoms with E-state index in [4.69, 9.17) is 0 Å². The van der Waals surface area contributed by atoms with Gasteiger partial charge in [-0.1, -0.05) is 6.42 Å². The first-order valence-electron chi connectivity index (χ1n) is 5.97. The van der Waals surface area contributed by atoms with Gasteiger partial charge in [-0.2, -0.15) is 0 Å². The Morgan fingerprint density at radius 3 is 2.93 bits per heavy atom. The van der Waals surface area contributed by atoms with Crippen LogP contribution in [0.1, 0.15) is 19.3 Å². The molecule has 15 heavy (non-hydrogen) atoms. The number of rotatable bonds is 3. The average Bonchev–Trinajstić information content (AvgIpc) is 2.23. The van der Waals surface area contributed by atoms with E-state index >= 15 is 0 Å². The minimum atomic E-state index is 0.0457. The van der Waals surface area contributed by atoms with Crippen LogP contribution in [0.15, 0.2) is 0 Å². The Labute approximate surface area is 91.4 Å². The molecule has 2 rings (SSSR count). The van der Waals surface area contributed by atoms with E-state index in [1.165, 1.54) is 19.3 Å². The molecule has 0 aromatic carbocycles. The van der Waals surface area contributed by atoms with E-state index in [0.29, 0.717) is 0 Å². The summed E-state index contributed by atoms with van der Waals surface area (Å²) in [6.45, 7) is 3.93. The number of hydrogen-bond acceptors (Lipinski definition) is 3. The standard InChI is InChI=1S/C11H21N3O/c1-12-11(15)10-7-13-5-6-14(10)8-9-3-2-4-9/h9-10,13H,2-8H2,1H3,(H,12,15). The summed E-state index contributed by atoms with van der Waals surface area (Å²) >= 11 is 0. The van der Waals surface area contributed by atoms with Gasteiger partial charge in [0.1, 0.15) is 6.04 Å². The Kier molecular flexibility index (Phi) is 3.59. The molecule has 1 atom stereocenters. The van der Waals surface area contributed by atoms with Crippen LogP contribution >= 0.6 is 0 Å². The number of carbonyl (C=O) groups is 1. The first-order chi connectivity index (χ1) is 7.31. The van der Waals surface area contributed by atoms with Crippen LogP contribution < -0.4 is 10.6 Å². The van der Waals surface area contributed by atoms with Crippen molar-refractivity contribution in [3.05, 3.63) is 0 Å². The lowest BCUT2D eigenvalue weighted by molar-refractivity contribution is -0.127. The second-order valence-electron chi connectivity index (χ2n) is 4.63. The maximum absolute atomic E-state index is 11.7. The lowest BCUT2D eigenvalue weighted by Gasteiger charge is -2.39. The predicted molar refractivity (Wildman–Crippen MR) is 59.6 cm³/mol. The smallest absolute Gasteiger partial charge is 0.238 e. The molecule has 1 heterocycles. The molecule has 1 aliphatic heterocycles. The van der Waals surface area contributed by atoms with E-state index in [9.17, 15) is 4.79 Å². The molecule has 0 spiro atoms. The molecule has 2 N–H and O–H groups in total. The number of nitrogens with one attached hydrogen (secondary N) is 2. The summed E-state index contributed by atoms with van der Waals surface area (Å²) in [7, 11) is 1.72. The van der Waals surface area contributed by atoms with Crippen LogP contribution in [-0.2, 0) is 4.79 Å². The molecule has 86 valence electrons. The Morgan fingerprint density at radius 2 is 2.33 bits per heavy atom. The zero-order valence-electron chi connectivity index (χ0n) is 9.46. The number of nitrogens with zero attached hydrogens (tertiary/aromatic N) is 1. The quantitative estimate of drug-likeness (QED) is 0.680. The van der Waals surface area contributed by atoms with Gasteiger partial charge >= 0.3 is 0 Å². The molecule has 0 bridgehead atoms. The van der Waals surface area contributed by atoms with Crippen LogP contribution in [0.5, 0.6) is 0 Å². The first-order valence-corrected chi connectivity index (χ1v) is 5.97. The van der Waals surface area contributed by atoms with Crippen molar-refractivity contribution in [1.29, 1.82) is 0 Å². The molecule has 1 amide bonds. The second kappa shape index (κ2) is 4.94. The molecule has 1 unspecified atom stereocenters. The van der Waals surface area contributed by atoms with Gasteiger partial charge in [0.15, 0.2) is 0 Å². The van der Waals surface area contributed by atoms with E-state index < -0.39 is 0 Å². The van der Waals surface area contributed by atoms with Crippen molar-refractivity contribution in [1.82, 2.24) is 15.5 Å². The Morgan fingerprint density at radius 1 is 1.53 bits per heavy atom. The lowest BCUT2D eigenvalue weighted by Crippen LogP contribution is -2.58. The zero-order valence-corrected chi connectivity index (χ0v) is 9.46. The van der Waals surface area contributed by atoms with Gasteiger partial charge in [0, 0.05) is 33.2 Å². The van der Waals surface area contributed by atoms with E-state index in [0.717, 1.165) is 32.1 Å². The second-order valence-corrected chi connectivity index (χ2v) is 4.63. The summed E-state index contributed by atoms with van der Waals surface area (Å²) in [6.07, 6.45) is 4.08. The predicted octanol–water partition coefficient (Wildman–Crippen LogP) is -0.194. The summed E-state index contributed by atoms with van der Waals surface area (Å²) in [4.78, 5) is 14.0. The topological polar surface area (TPSA) is 44.4 Å². The number of hydrogen-bond donors (Lipinski definition) is 2. The Bertz CT molecular complexity index is 228. The number of likely N-dealkylation sites (N-methyl/N-ethyl adjacent to an activating group) is 1. The van der Waals surface area contributed by atoms with E-state index in [2.05, 4.69) is 15.5 Å². The van der Waals surface area contributed by atoms with Gasteiger partial charge in [-0.05, 0) is 18.8 Å². The monoisotopic (exact) mass is 211 g/mol. The molecule has 2 fully saturated rings. The Balaban J connectivity index is 1.89. The van der Waals surface area contributed by atoms with Gasteiger partial charge < -0.3 is 10.6 Å². The van der Waals surface area contributed by atoms with Crippen LogP contribution in [0.25, 0.3) is 0 Å². The van der Waals surface area contributed by atoms with Crippen LogP contribution in [0.3, 0.4) is 0 Å². The fourth-order valence-corrected chi connectivity index (χ4v) is 2.40. The van der Waals surface area contributed by atoms with Gasteiger partial charge in [-0.15, -0.1) is 0 Å². The number of piperazine rings is 1. The molecule has 0 radical (unpaired) electrons. The lowest BCUT2D eigenvalue weighted by atomic mass is 9.84. The summed E-state index contributed by atoms with van der Waals surface area (Å²) in [5, 5.41) is 6.04. The molecule has 4 heteroatoms. The molecule has 2 aliphatic rings. The average molecular weight is 211 g/mol. The maximum atomic E-state index is 11.7.